The molecule has 0 bridgehead atoms. The zero-order chi connectivity index (χ0) is 16.6. The number of sulfonamides is 1. The number of ether oxygens (including phenoxy) is 1. The van der Waals surface area contributed by atoms with Gasteiger partial charge in [-0.1, -0.05) is 6.07 Å². The number of nitrogens with one attached hydrogen (secondary N) is 1. The zero-order valence-electron chi connectivity index (χ0n) is 12.4. The summed E-state index contributed by atoms with van der Waals surface area (Å²) in [6.45, 7) is 0. The van der Waals surface area contributed by atoms with Gasteiger partial charge in [-0.15, -0.1) is 0 Å². The van der Waals surface area contributed by atoms with Crippen LogP contribution >= 0.6 is 0 Å². The van der Waals surface area contributed by atoms with E-state index in [0.29, 0.717) is 11.4 Å². The van der Waals surface area contributed by atoms with E-state index in [-0.39, 0.29) is 16.0 Å². The molecule has 0 atom stereocenters. The fourth-order valence-electron chi connectivity index (χ4n) is 2.12. The van der Waals surface area contributed by atoms with Crippen LogP contribution < -0.4 is 15.0 Å². The van der Waals surface area contributed by atoms with Crippen molar-refractivity contribution in [1.82, 2.24) is 14.2 Å². The molecule has 0 unspecified atom stereocenters. The predicted molar refractivity (Wildman–Crippen MR) is 84.2 cm³/mol. The van der Waals surface area contributed by atoms with E-state index in [2.05, 4.69) is 9.82 Å². The summed E-state index contributed by atoms with van der Waals surface area (Å²) in [6, 6.07) is 7.86. The second kappa shape index (κ2) is 5.43. The van der Waals surface area contributed by atoms with Gasteiger partial charge in [0, 0.05) is 19.3 Å². The number of nitrogens with zero attached hydrogens (tertiary/aromatic N) is 3. The number of methoxy groups -OCH3 is 1. The van der Waals surface area contributed by atoms with Gasteiger partial charge in [0.1, 0.15) is 22.5 Å². The molecule has 0 radical (unpaired) electrons. The standard InChI is InChI=1S/C14H14N4O4S/c1-17-14(19)13-7-12(8-18(13)9-15-17)23(20,21)16-10-4-3-5-11(6-10)22-2/h3-9,16H,1-2H3. The average Bonchev–Trinajstić information content (AvgIpc) is 2.97. The van der Waals surface area contributed by atoms with Gasteiger partial charge in [-0.05, 0) is 18.2 Å². The molecule has 0 aliphatic heterocycles. The van der Waals surface area contributed by atoms with Crippen LogP contribution in [0.15, 0.2) is 52.5 Å². The summed E-state index contributed by atoms with van der Waals surface area (Å²) in [7, 11) is -0.837. The molecule has 0 saturated carbocycles. The van der Waals surface area contributed by atoms with Crippen molar-refractivity contribution in [3.05, 3.63) is 53.2 Å². The number of hydrogen-bond donors (Lipinski definition) is 1. The first kappa shape index (κ1) is 15.1. The molecular weight excluding hydrogens is 320 g/mol. The Kier molecular flexibility index (Phi) is 3.57. The SMILES string of the molecule is COc1cccc(NS(=O)(=O)c2cc3c(=O)n(C)ncn3c2)c1. The highest BCUT2D eigenvalue weighted by atomic mass is 32.2. The molecule has 0 aliphatic rings. The van der Waals surface area contributed by atoms with Crippen LogP contribution in [-0.2, 0) is 17.1 Å². The molecule has 120 valence electrons. The topological polar surface area (TPSA) is 94.7 Å². The summed E-state index contributed by atoms with van der Waals surface area (Å²) in [5, 5.41) is 3.84. The number of hydrogen-bond acceptors (Lipinski definition) is 5. The summed E-state index contributed by atoms with van der Waals surface area (Å²) in [5.41, 5.74) is 0.217. The molecule has 0 aliphatic carbocycles. The van der Waals surface area contributed by atoms with Crippen LogP contribution in [0.4, 0.5) is 5.69 Å². The minimum atomic E-state index is -3.83. The Morgan fingerprint density at radius 3 is 2.78 bits per heavy atom. The molecule has 0 amide bonds. The third-order valence-corrected chi connectivity index (χ3v) is 4.67. The van der Waals surface area contributed by atoms with Crippen LogP contribution in [0.25, 0.3) is 5.52 Å². The van der Waals surface area contributed by atoms with E-state index in [1.165, 1.54) is 37.1 Å². The lowest BCUT2D eigenvalue weighted by Gasteiger charge is -2.07. The van der Waals surface area contributed by atoms with E-state index < -0.39 is 10.0 Å². The molecule has 2 aromatic heterocycles. The number of aryl methyl sites for hydroxylation is 1. The van der Waals surface area contributed by atoms with E-state index >= 15 is 0 Å². The lowest BCUT2D eigenvalue weighted by Crippen LogP contribution is -2.20. The molecule has 3 aromatic rings. The van der Waals surface area contributed by atoms with Gasteiger partial charge >= 0.3 is 0 Å². The molecule has 0 saturated heterocycles. The van der Waals surface area contributed by atoms with E-state index in [0.717, 1.165) is 4.68 Å². The normalized spacial score (nSPS) is 11.6. The minimum Gasteiger partial charge on any atom is -0.497 e. The maximum absolute atomic E-state index is 12.5. The molecule has 8 nitrogen and oxygen atoms in total. The molecule has 3 rings (SSSR count). The second-order valence-corrected chi connectivity index (χ2v) is 6.55. The van der Waals surface area contributed by atoms with Gasteiger partial charge in [-0.2, -0.15) is 5.10 Å². The van der Waals surface area contributed by atoms with E-state index in [1.54, 1.807) is 24.3 Å². The smallest absolute Gasteiger partial charge is 0.290 e. The highest BCUT2D eigenvalue weighted by molar-refractivity contribution is 7.92. The van der Waals surface area contributed by atoms with E-state index in [1.807, 2.05) is 0 Å². The van der Waals surface area contributed by atoms with Crippen LogP contribution in [0.3, 0.4) is 0 Å². The van der Waals surface area contributed by atoms with Crippen molar-refractivity contribution in [2.45, 2.75) is 4.90 Å². The van der Waals surface area contributed by atoms with Crippen molar-refractivity contribution in [2.24, 2.45) is 7.05 Å². The number of anilines is 1. The Morgan fingerprint density at radius 1 is 1.26 bits per heavy atom. The van der Waals surface area contributed by atoms with Crippen molar-refractivity contribution in [3.8, 4) is 5.75 Å². The van der Waals surface area contributed by atoms with Gasteiger partial charge in [0.25, 0.3) is 15.6 Å². The van der Waals surface area contributed by atoms with Gasteiger partial charge in [0.05, 0.1) is 12.8 Å². The van der Waals surface area contributed by atoms with Crippen molar-refractivity contribution in [3.63, 3.8) is 0 Å². The number of rotatable bonds is 4. The maximum atomic E-state index is 12.5. The number of aromatic nitrogens is 3. The first-order valence-corrected chi connectivity index (χ1v) is 8.10. The van der Waals surface area contributed by atoms with Gasteiger partial charge in [-0.3, -0.25) is 13.9 Å². The lowest BCUT2D eigenvalue weighted by atomic mass is 10.3. The Hall–Kier alpha value is -2.81. The van der Waals surface area contributed by atoms with Gasteiger partial charge in [-0.25, -0.2) is 13.1 Å². The monoisotopic (exact) mass is 334 g/mol. The Morgan fingerprint density at radius 2 is 2.04 bits per heavy atom. The van der Waals surface area contributed by atoms with Crippen molar-refractivity contribution in [1.29, 1.82) is 0 Å². The van der Waals surface area contributed by atoms with E-state index in [9.17, 15) is 13.2 Å². The van der Waals surface area contributed by atoms with Gasteiger partial charge in [0.15, 0.2) is 0 Å². The summed E-state index contributed by atoms with van der Waals surface area (Å²) in [4.78, 5) is 11.9. The maximum Gasteiger partial charge on any atom is 0.290 e. The van der Waals surface area contributed by atoms with Gasteiger partial charge < -0.3 is 4.74 Å². The van der Waals surface area contributed by atoms with Crippen LogP contribution in [0, 0.1) is 0 Å². The summed E-state index contributed by atoms with van der Waals surface area (Å²) in [6.07, 6.45) is 2.72. The van der Waals surface area contributed by atoms with Crippen LogP contribution in [-0.4, -0.2) is 29.7 Å². The number of benzene rings is 1. The Balaban J connectivity index is 2.02. The number of fused-ring (bicyclic) bond motifs is 1. The van der Waals surface area contributed by atoms with Crippen molar-refractivity contribution >= 4 is 21.2 Å². The molecule has 23 heavy (non-hydrogen) atoms. The predicted octanol–water partition coefficient (Wildman–Crippen LogP) is 0.842. The summed E-state index contributed by atoms with van der Waals surface area (Å²) in [5.74, 6) is 0.533. The van der Waals surface area contributed by atoms with Crippen molar-refractivity contribution < 1.29 is 13.2 Å². The minimum absolute atomic E-state index is 0.0228. The second-order valence-electron chi connectivity index (χ2n) is 4.87. The van der Waals surface area contributed by atoms with Gasteiger partial charge in [0.2, 0.25) is 0 Å². The molecule has 0 fully saturated rings. The average molecular weight is 334 g/mol. The lowest BCUT2D eigenvalue weighted by molar-refractivity contribution is 0.415. The molecular formula is C14H14N4O4S. The highest BCUT2D eigenvalue weighted by Crippen LogP contribution is 2.21. The largest absolute Gasteiger partial charge is 0.497 e. The third-order valence-electron chi connectivity index (χ3n) is 3.32. The van der Waals surface area contributed by atoms with Crippen LogP contribution in [0.2, 0.25) is 0 Å². The van der Waals surface area contributed by atoms with Crippen molar-refractivity contribution in [2.75, 3.05) is 11.8 Å². The van der Waals surface area contributed by atoms with Crippen LogP contribution in [0.1, 0.15) is 0 Å². The first-order chi connectivity index (χ1) is 10.9. The Bertz CT molecular complexity index is 1040. The highest BCUT2D eigenvalue weighted by Gasteiger charge is 2.18. The molecule has 1 N–H and O–H groups in total. The third kappa shape index (κ3) is 2.78. The summed E-state index contributed by atoms with van der Waals surface area (Å²) >= 11 is 0. The fourth-order valence-corrected chi connectivity index (χ4v) is 3.19. The first-order valence-electron chi connectivity index (χ1n) is 6.61. The quantitative estimate of drug-likeness (QED) is 0.763. The fraction of sp³-hybridized carbons (Fsp3) is 0.143. The molecule has 9 heteroatoms. The molecule has 0 spiro atoms. The molecule has 1 aromatic carbocycles. The molecule has 2 heterocycles. The Labute approximate surface area is 132 Å². The zero-order valence-corrected chi connectivity index (χ0v) is 13.2. The van der Waals surface area contributed by atoms with E-state index in [4.69, 9.17) is 4.74 Å². The summed E-state index contributed by atoms with van der Waals surface area (Å²) < 4.78 is 35.0. The van der Waals surface area contributed by atoms with Crippen LogP contribution in [0.5, 0.6) is 5.75 Å².